The molecule has 0 amide bonds. The number of rotatable bonds is 1. The molecular weight excluding hydrogens is 174 g/mol. The van der Waals surface area contributed by atoms with Crippen molar-refractivity contribution in [3.8, 4) is 0 Å². The molecule has 1 aromatic rings. The molecule has 1 heterocycles. The third-order valence-electron chi connectivity index (χ3n) is 1.82. The van der Waals surface area contributed by atoms with Crippen LogP contribution in [-0.4, -0.2) is 11.6 Å². The van der Waals surface area contributed by atoms with Gasteiger partial charge in [-0.2, -0.15) is 4.74 Å². The van der Waals surface area contributed by atoms with Crippen molar-refractivity contribution < 1.29 is 4.92 Å². The zero-order valence-electron chi connectivity index (χ0n) is 6.51. The number of nitro benzene ring substituents is 1. The van der Waals surface area contributed by atoms with Gasteiger partial charge in [-0.15, -0.1) is 0 Å². The Bertz CT molecular complexity index is 494. The summed E-state index contributed by atoms with van der Waals surface area (Å²) in [6.45, 7) is -0.0554. The van der Waals surface area contributed by atoms with Gasteiger partial charge in [-0.1, -0.05) is 0 Å². The molecule has 0 saturated carbocycles. The van der Waals surface area contributed by atoms with E-state index in [1.807, 2.05) is 0 Å². The van der Waals surface area contributed by atoms with E-state index in [1.165, 1.54) is 18.2 Å². The third-order valence-corrected chi connectivity index (χ3v) is 1.82. The second-order valence-corrected chi connectivity index (χ2v) is 2.58. The van der Waals surface area contributed by atoms with Gasteiger partial charge in [0.05, 0.1) is 4.92 Å². The van der Waals surface area contributed by atoms with Gasteiger partial charge in [-0.3, -0.25) is 10.1 Å². The maximum Gasteiger partial charge on any atom is 0.301 e. The number of hydrogen-bond acceptors (Lipinski definition) is 4. The zero-order chi connectivity index (χ0) is 9.42. The minimum absolute atomic E-state index is 0.0554. The maximum atomic E-state index is 11.0. The fourth-order valence-corrected chi connectivity index (χ4v) is 1.24. The number of para-hydroxylation sites is 1. The summed E-state index contributed by atoms with van der Waals surface area (Å²) >= 11 is 0. The van der Waals surface area contributed by atoms with Crippen molar-refractivity contribution in [2.75, 3.05) is 6.67 Å². The van der Waals surface area contributed by atoms with Crippen LogP contribution >= 0.6 is 0 Å². The molecule has 0 fully saturated rings. The van der Waals surface area contributed by atoms with Crippen molar-refractivity contribution in [1.29, 1.82) is 0 Å². The highest BCUT2D eigenvalue weighted by molar-refractivity contribution is 5.28. The fourth-order valence-electron chi connectivity index (χ4n) is 1.24. The first-order chi connectivity index (χ1) is 6.20. The maximum absolute atomic E-state index is 11.0. The average molecular weight is 179 g/mol. The molecule has 0 saturated heterocycles. The SMILES string of the molecule is O=[N+]([O-])c1cccc2c1=NC[N+]=2[O-]. The van der Waals surface area contributed by atoms with Crippen molar-refractivity contribution in [3.05, 3.63) is 44.2 Å². The van der Waals surface area contributed by atoms with Gasteiger partial charge in [0.25, 0.3) is 0 Å². The van der Waals surface area contributed by atoms with Crippen molar-refractivity contribution in [3.63, 3.8) is 0 Å². The molecule has 0 spiro atoms. The quantitative estimate of drug-likeness (QED) is 0.244. The van der Waals surface area contributed by atoms with Gasteiger partial charge in [-0.05, 0) is 6.07 Å². The van der Waals surface area contributed by atoms with Gasteiger partial charge in [-0.25, -0.2) is 4.99 Å². The van der Waals surface area contributed by atoms with Crippen molar-refractivity contribution in [1.82, 2.24) is 4.74 Å². The second kappa shape index (κ2) is 2.51. The summed E-state index contributed by atoms with van der Waals surface area (Å²) in [5.41, 5.74) is -0.115. The van der Waals surface area contributed by atoms with Crippen molar-refractivity contribution in [2.24, 2.45) is 4.99 Å². The molecule has 0 radical (unpaired) electrons. The average Bonchev–Trinajstić information content (AvgIpc) is 2.48. The topological polar surface area (TPSA) is 81.6 Å². The van der Waals surface area contributed by atoms with Gasteiger partial charge < -0.3 is 5.21 Å². The number of nitro groups is 1. The van der Waals surface area contributed by atoms with Crippen LogP contribution in [-0.2, 0) is 0 Å². The van der Waals surface area contributed by atoms with Crippen LogP contribution in [0.1, 0.15) is 0 Å². The molecule has 0 aliphatic carbocycles. The number of nitrogens with zero attached hydrogens (tertiary/aromatic N) is 3. The number of hydroxylamine groups is 1. The lowest BCUT2D eigenvalue weighted by atomic mass is 10.3. The molecule has 13 heavy (non-hydrogen) atoms. The Kier molecular flexibility index (Phi) is 1.48. The van der Waals surface area contributed by atoms with E-state index in [0.717, 1.165) is 0 Å². The summed E-state index contributed by atoms with van der Waals surface area (Å²) in [6.07, 6.45) is 0. The first kappa shape index (κ1) is 7.66. The number of benzene rings is 1. The smallest absolute Gasteiger partial charge is 0.301 e. The van der Waals surface area contributed by atoms with Crippen molar-refractivity contribution >= 4 is 5.69 Å². The van der Waals surface area contributed by atoms with Gasteiger partial charge in [0.15, 0.2) is 0 Å². The first-order valence-corrected chi connectivity index (χ1v) is 3.60. The lowest BCUT2D eigenvalue weighted by molar-refractivity contribution is -0.386. The Morgan fingerprint density at radius 1 is 1.54 bits per heavy atom. The van der Waals surface area contributed by atoms with Crippen molar-refractivity contribution in [2.45, 2.75) is 0 Å². The number of fused-ring (bicyclic) bond motifs is 1. The predicted molar refractivity (Wildman–Crippen MR) is 43.3 cm³/mol. The highest BCUT2D eigenvalue weighted by Gasteiger charge is 2.17. The van der Waals surface area contributed by atoms with E-state index < -0.39 is 4.92 Å². The van der Waals surface area contributed by atoms with Crippen LogP contribution in [0.25, 0.3) is 0 Å². The Hall–Kier alpha value is -1.98. The van der Waals surface area contributed by atoms with Crippen LogP contribution in [0.5, 0.6) is 0 Å². The van der Waals surface area contributed by atoms with Crippen LogP contribution in [0.4, 0.5) is 5.69 Å². The van der Waals surface area contributed by atoms with E-state index in [9.17, 15) is 15.3 Å². The summed E-state index contributed by atoms with van der Waals surface area (Å²) in [5.74, 6) is 0. The fraction of sp³-hybridized carbons (Fsp3) is 0.143. The molecule has 2 rings (SSSR count). The van der Waals surface area contributed by atoms with Crippen LogP contribution in [0.15, 0.2) is 23.2 Å². The van der Waals surface area contributed by atoms with Crippen LogP contribution < -0.4 is 15.5 Å². The summed E-state index contributed by atoms with van der Waals surface area (Å²) in [6, 6.07) is 4.33. The van der Waals surface area contributed by atoms with Gasteiger partial charge in [0.2, 0.25) is 17.4 Å². The monoisotopic (exact) mass is 179 g/mol. The lowest BCUT2D eigenvalue weighted by Crippen LogP contribution is -2.31. The molecular formula is C7H5N3O3. The van der Waals surface area contributed by atoms with E-state index >= 15 is 0 Å². The Morgan fingerprint density at radius 2 is 2.31 bits per heavy atom. The van der Waals surface area contributed by atoms with E-state index in [2.05, 4.69) is 4.99 Å². The molecule has 1 aliphatic heterocycles. The minimum Gasteiger partial charge on any atom is -0.622 e. The summed E-state index contributed by atoms with van der Waals surface area (Å²) in [5, 5.41) is 22.0. The predicted octanol–water partition coefficient (Wildman–Crippen LogP) is -0.826. The van der Waals surface area contributed by atoms with Gasteiger partial charge >= 0.3 is 5.69 Å². The van der Waals surface area contributed by atoms with Gasteiger partial charge in [0.1, 0.15) is 0 Å². The molecule has 6 nitrogen and oxygen atoms in total. The molecule has 0 atom stereocenters. The molecule has 0 bridgehead atoms. The molecule has 1 aliphatic rings. The summed E-state index contributed by atoms with van der Waals surface area (Å²) < 4.78 is 0.627. The van der Waals surface area contributed by atoms with Crippen LogP contribution in [0.2, 0.25) is 0 Å². The summed E-state index contributed by atoms with van der Waals surface area (Å²) in [7, 11) is 0. The molecule has 0 N–H and O–H groups in total. The molecule has 0 unspecified atom stereocenters. The van der Waals surface area contributed by atoms with E-state index in [-0.39, 0.29) is 23.1 Å². The Morgan fingerprint density at radius 3 is 3.00 bits per heavy atom. The van der Waals surface area contributed by atoms with E-state index in [0.29, 0.717) is 4.74 Å². The molecule has 0 aromatic heterocycles. The summed E-state index contributed by atoms with van der Waals surface area (Å²) in [4.78, 5) is 13.7. The van der Waals surface area contributed by atoms with E-state index in [4.69, 9.17) is 0 Å². The second-order valence-electron chi connectivity index (χ2n) is 2.58. The number of hydrogen-bond donors (Lipinski definition) is 0. The Balaban J connectivity index is 2.87. The van der Waals surface area contributed by atoms with Crippen LogP contribution in [0.3, 0.4) is 0 Å². The largest absolute Gasteiger partial charge is 0.622 e. The zero-order valence-corrected chi connectivity index (χ0v) is 6.51. The standard InChI is InChI=1S/C7H5N3O3/c11-9-4-8-7-5(9)2-1-3-6(7)10(12)13/h1-3H,4H2. The molecule has 6 heteroatoms. The highest BCUT2D eigenvalue weighted by Crippen LogP contribution is 2.00. The third kappa shape index (κ3) is 1.03. The Labute approximate surface area is 72.2 Å². The van der Waals surface area contributed by atoms with Crippen LogP contribution in [0, 0.1) is 15.3 Å². The highest BCUT2D eigenvalue weighted by atomic mass is 16.6. The van der Waals surface area contributed by atoms with E-state index in [1.54, 1.807) is 0 Å². The normalized spacial score (nSPS) is 13.7. The molecule has 1 aromatic carbocycles. The minimum atomic E-state index is -0.540. The van der Waals surface area contributed by atoms with Gasteiger partial charge in [0, 0.05) is 12.1 Å². The molecule has 66 valence electrons. The number of non-ortho nitro benzene ring substituents is 1. The lowest BCUT2D eigenvalue weighted by Gasteiger charge is -1.91. The first-order valence-electron chi connectivity index (χ1n) is 3.60.